The van der Waals surface area contributed by atoms with Crippen LogP contribution in [-0.2, 0) is 10.8 Å². The predicted molar refractivity (Wildman–Crippen MR) is 71.2 cm³/mol. The molecule has 1 saturated heterocycles. The van der Waals surface area contributed by atoms with Gasteiger partial charge in [-0.15, -0.1) is 12.4 Å². The van der Waals surface area contributed by atoms with Gasteiger partial charge in [0.2, 0.25) is 0 Å². The molecule has 0 amide bonds. The highest BCUT2D eigenvalue weighted by atomic mass is 35.5. The maximum atomic E-state index is 12.0. The second kappa shape index (κ2) is 7.26. The lowest BCUT2D eigenvalue weighted by Crippen LogP contribution is -2.38. The third kappa shape index (κ3) is 4.50. The molecule has 1 aliphatic heterocycles. The minimum Gasteiger partial charge on any atom is -0.313 e. The van der Waals surface area contributed by atoms with Gasteiger partial charge in [-0.05, 0) is 19.4 Å². The van der Waals surface area contributed by atoms with E-state index in [0.29, 0.717) is 22.0 Å². The Labute approximate surface area is 114 Å². The largest absolute Gasteiger partial charge is 0.313 e. The summed E-state index contributed by atoms with van der Waals surface area (Å²) in [6.45, 7) is 1.02. The summed E-state index contributed by atoms with van der Waals surface area (Å²) in [5.74, 6) is 0.605. The van der Waals surface area contributed by atoms with Crippen molar-refractivity contribution in [1.82, 2.24) is 15.3 Å². The summed E-state index contributed by atoms with van der Waals surface area (Å²) in [4.78, 5) is 7.75. The van der Waals surface area contributed by atoms with Crippen LogP contribution in [0, 0.1) is 0 Å². The number of nitrogens with one attached hydrogen (secondary N) is 1. The summed E-state index contributed by atoms with van der Waals surface area (Å²) in [6.07, 6.45) is 4.86. The average Bonchev–Trinajstić information content (AvgIpc) is 2.30. The highest BCUT2D eigenvalue weighted by Gasteiger charge is 2.17. The van der Waals surface area contributed by atoms with Crippen LogP contribution in [0.1, 0.15) is 19.3 Å². The molecule has 17 heavy (non-hydrogen) atoms. The van der Waals surface area contributed by atoms with Crippen LogP contribution < -0.4 is 5.32 Å². The lowest BCUT2D eigenvalue weighted by atomic mass is 10.1. The zero-order chi connectivity index (χ0) is 11.4. The zero-order valence-electron chi connectivity index (χ0n) is 9.26. The van der Waals surface area contributed by atoms with Crippen LogP contribution in [0.25, 0.3) is 0 Å². The Morgan fingerprint density at radius 2 is 2.29 bits per heavy atom. The number of hydrogen-bond acceptors (Lipinski definition) is 4. The number of rotatable bonds is 3. The smallest absolute Gasteiger partial charge is 0.133 e. The van der Waals surface area contributed by atoms with Gasteiger partial charge >= 0.3 is 0 Å². The van der Waals surface area contributed by atoms with Crippen molar-refractivity contribution in [2.75, 3.05) is 12.3 Å². The van der Waals surface area contributed by atoms with Gasteiger partial charge < -0.3 is 5.32 Å². The lowest BCUT2D eigenvalue weighted by Gasteiger charge is -2.22. The van der Waals surface area contributed by atoms with Crippen LogP contribution in [0.4, 0.5) is 0 Å². The van der Waals surface area contributed by atoms with Gasteiger partial charge in [-0.25, -0.2) is 9.97 Å². The van der Waals surface area contributed by atoms with Crippen LogP contribution in [-0.4, -0.2) is 32.5 Å². The number of halogens is 2. The molecular formula is C10H15Cl2N3OS. The van der Waals surface area contributed by atoms with Gasteiger partial charge in [-0.1, -0.05) is 18.0 Å². The molecule has 0 bridgehead atoms. The standard InChI is InChI=1S/C10H14ClN3OS.ClH/c11-9-5-10(14-7-13-9)16(15)6-8-3-1-2-4-12-8;/h5,7-8,12H,1-4,6H2;1H. The van der Waals surface area contributed by atoms with Crippen molar-refractivity contribution in [2.45, 2.75) is 30.3 Å². The second-order valence-electron chi connectivity index (χ2n) is 3.84. The molecule has 1 aromatic rings. The van der Waals surface area contributed by atoms with Crippen molar-refractivity contribution in [3.05, 3.63) is 17.5 Å². The van der Waals surface area contributed by atoms with Crippen LogP contribution in [0.15, 0.2) is 17.4 Å². The molecule has 0 aromatic carbocycles. The van der Waals surface area contributed by atoms with Crippen LogP contribution >= 0.6 is 24.0 Å². The first kappa shape index (κ1) is 14.8. The first-order chi connectivity index (χ1) is 7.75. The van der Waals surface area contributed by atoms with E-state index in [9.17, 15) is 4.21 Å². The molecule has 2 rings (SSSR count). The molecule has 1 N–H and O–H groups in total. The normalized spacial score (nSPS) is 21.6. The number of piperidine rings is 1. The van der Waals surface area contributed by atoms with Crippen molar-refractivity contribution in [1.29, 1.82) is 0 Å². The van der Waals surface area contributed by atoms with E-state index in [2.05, 4.69) is 15.3 Å². The molecule has 7 heteroatoms. The first-order valence-electron chi connectivity index (χ1n) is 5.35. The van der Waals surface area contributed by atoms with Gasteiger partial charge in [-0.2, -0.15) is 0 Å². The van der Waals surface area contributed by atoms with Crippen molar-refractivity contribution < 1.29 is 4.21 Å². The fourth-order valence-electron chi connectivity index (χ4n) is 1.78. The van der Waals surface area contributed by atoms with Crippen LogP contribution in [0.3, 0.4) is 0 Å². The Hall–Kier alpha value is -0.230. The van der Waals surface area contributed by atoms with Gasteiger partial charge in [-0.3, -0.25) is 4.21 Å². The fourth-order valence-corrected chi connectivity index (χ4v) is 3.22. The highest BCUT2D eigenvalue weighted by molar-refractivity contribution is 7.85. The van der Waals surface area contributed by atoms with E-state index in [1.165, 1.54) is 19.2 Å². The second-order valence-corrected chi connectivity index (χ2v) is 5.67. The van der Waals surface area contributed by atoms with E-state index < -0.39 is 10.8 Å². The fraction of sp³-hybridized carbons (Fsp3) is 0.600. The molecule has 0 aliphatic carbocycles. The molecule has 96 valence electrons. The molecule has 1 aromatic heterocycles. The van der Waals surface area contributed by atoms with Crippen LogP contribution in [0.2, 0.25) is 5.15 Å². The minimum atomic E-state index is -1.09. The van der Waals surface area contributed by atoms with E-state index in [4.69, 9.17) is 11.6 Å². The molecule has 2 heterocycles. The molecule has 1 aliphatic rings. The Bertz CT molecular complexity index is 386. The third-order valence-corrected chi connectivity index (χ3v) is 4.21. The molecule has 0 spiro atoms. The number of nitrogens with zero attached hydrogens (tertiary/aromatic N) is 2. The minimum absolute atomic E-state index is 0. The van der Waals surface area contributed by atoms with Crippen molar-refractivity contribution >= 4 is 34.8 Å². The Morgan fingerprint density at radius 1 is 1.47 bits per heavy atom. The van der Waals surface area contributed by atoms with E-state index in [0.717, 1.165) is 13.0 Å². The van der Waals surface area contributed by atoms with E-state index in [-0.39, 0.29) is 12.4 Å². The maximum Gasteiger partial charge on any atom is 0.133 e. The molecule has 0 saturated carbocycles. The molecule has 4 nitrogen and oxygen atoms in total. The van der Waals surface area contributed by atoms with Gasteiger partial charge in [0.05, 0.1) is 10.8 Å². The molecule has 2 unspecified atom stereocenters. The monoisotopic (exact) mass is 295 g/mol. The summed E-state index contributed by atoms with van der Waals surface area (Å²) >= 11 is 5.73. The van der Waals surface area contributed by atoms with E-state index >= 15 is 0 Å². The van der Waals surface area contributed by atoms with E-state index in [1.54, 1.807) is 6.07 Å². The Balaban J connectivity index is 0.00000144. The van der Waals surface area contributed by atoms with Crippen molar-refractivity contribution in [3.8, 4) is 0 Å². The number of aromatic nitrogens is 2. The summed E-state index contributed by atoms with van der Waals surface area (Å²) in [5, 5.41) is 4.23. The topological polar surface area (TPSA) is 54.9 Å². The average molecular weight is 296 g/mol. The summed E-state index contributed by atoms with van der Waals surface area (Å²) in [5.41, 5.74) is 0. The first-order valence-corrected chi connectivity index (χ1v) is 7.05. The maximum absolute atomic E-state index is 12.0. The highest BCUT2D eigenvalue weighted by Crippen LogP contribution is 2.13. The van der Waals surface area contributed by atoms with Gasteiger partial charge in [0.15, 0.2) is 0 Å². The summed E-state index contributed by atoms with van der Waals surface area (Å²) in [7, 11) is -1.09. The van der Waals surface area contributed by atoms with Gasteiger partial charge in [0, 0.05) is 17.9 Å². The Kier molecular flexibility index (Phi) is 6.33. The summed E-state index contributed by atoms with van der Waals surface area (Å²) in [6, 6.07) is 1.91. The Morgan fingerprint density at radius 3 is 2.94 bits per heavy atom. The molecule has 0 radical (unpaired) electrons. The summed E-state index contributed by atoms with van der Waals surface area (Å²) < 4.78 is 12.0. The lowest BCUT2D eigenvalue weighted by molar-refractivity contribution is 0.427. The van der Waals surface area contributed by atoms with Crippen molar-refractivity contribution in [3.63, 3.8) is 0 Å². The molecule has 1 fully saturated rings. The third-order valence-electron chi connectivity index (χ3n) is 2.61. The van der Waals surface area contributed by atoms with E-state index in [1.807, 2.05) is 0 Å². The van der Waals surface area contributed by atoms with Gasteiger partial charge in [0.25, 0.3) is 0 Å². The molecule has 2 atom stereocenters. The predicted octanol–water partition coefficient (Wildman–Crippen LogP) is 1.80. The SMILES string of the molecule is Cl.O=S(CC1CCCCN1)c1cc(Cl)ncn1. The quantitative estimate of drug-likeness (QED) is 0.864. The number of hydrogen-bond donors (Lipinski definition) is 1. The van der Waals surface area contributed by atoms with Gasteiger partial charge in [0.1, 0.15) is 16.5 Å². The van der Waals surface area contributed by atoms with Crippen LogP contribution in [0.5, 0.6) is 0 Å². The van der Waals surface area contributed by atoms with Crippen molar-refractivity contribution in [2.24, 2.45) is 0 Å². The zero-order valence-corrected chi connectivity index (χ0v) is 11.7. The molecular weight excluding hydrogens is 281 g/mol.